The zero-order chi connectivity index (χ0) is 18.6. The van der Waals surface area contributed by atoms with Gasteiger partial charge in [0.2, 0.25) is 15.9 Å². The van der Waals surface area contributed by atoms with Crippen LogP contribution < -0.4 is 15.4 Å². The Morgan fingerprint density at radius 1 is 1.35 bits per heavy atom. The molecule has 1 atom stereocenters. The molecule has 2 aliphatic rings. The summed E-state index contributed by atoms with van der Waals surface area (Å²) in [5, 5.41) is 6.30. The van der Waals surface area contributed by atoms with Gasteiger partial charge in [0.05, 0.1) is 11.5 Å². The monoisotopic (exact) mass is 381 g/mol. The third kappa shape index (κ3) is 4.43. The van der Waals surface area contributed by atoms with E-state index in [-0.39, 0.29) is 28.7 Å². The van der Waals surface area contributed by atoms with Crippen molar-refractivity contribution in [1.82, 2.24) is 15.4 Å². The van der Waals surface area contributed by atoms with Gasteiger partial charge >= 0.3 is 0 Å². The van der Waals surface area contributed by atoms with E-state index in [1.807, 2.05) is 6.07 Å². The molecule has 1 heterocycles. The third-order valence-electron chi connectivity index (χ3n) is 5.38. The van der Waals surface area contributed by atoms with Crippen LogP contribution in [0.15, 0.2) is 29.2 Å². The van der Waals surface area contributed by atoms with Crippen LogP contribution in [0, 0.1) is 11.3 Å². The molecule has 1 aromatic carbocycles. The molecule has 8 heteroatoms. The summed E-state index contributed by atoms with van der Waals surface area (Å²) in [7, 11) is -2.05. The molecule has 0 aromatic heterocycles. The van der Waals surface area contributed by atoms with Crippen LogP contribution >= 0.6 is 0 Å². The molecule has 2 fully saturated rings. The van der Waals surface area contributed by atoms with Crippen molar-refractivity contribution in [2.45, 2.75) is 30.7 Å². The molecule has 1 saturated heterocycles. The Labute approximate surface area is 154 Å². The van der Waals surface area contributed by atoms with Gasteiger partial charge in [0.1, 0.15) is 0 Å². The topological polar surface area (TPSA) is 96.5 Å². The Morgan fingerprint density at radius 3 is 2.85 bits per heavy atom. The lowest BCUT2D eigenvalue weighted by atomic mass is 9.92. The molecule has 1 amide bonds. The fourth-order valence-corrected chi connectivity index (χ4v) is 4.78. The van der Waals surface area contributed by atoms with Gasteiger partial charge in [0.25, 0.3) is 0 Å². The van der Waals surface area contributed by atoms with Crippen LogP contribution in [0.1, 0.15) is 24.8 Å². The minimum atomic E-state index is -3.57. The van der Waals surface area contributed by atoms with E-state index in [4.69, 9.17) is 4.74 Å². The maximum atomic E-state index is 12.4. The second-order valence-electron chi connectivity index (χ2n) is 7.12. The van der Waals surface area contributed by atoms with Gasteiger partial charge in [-0.2, -0.15) is 0 Å². The smallest absolute Gasteiger partial charge is 0.240 e. The number of methoxy groups -OCH3 is 1. The average molecular weight is 381 g/mol. The normalized spacial score (nSPS) is 21.5. The largest absolute Gasteiger partial charge is 0.383 e. The Morgan fingerprint density at radius 2 is 2.12 bits per heavy atom. The van der Waals surface area contributed by atoms with E-state index in [2.05, 4.69) is 15.4 Å². The van der Waals surface area contributed by atoms with Gasteiger partial charge in [0, 0.05) is 26.1 Å². The van der Waals surface area contributed by atoms with Crippen LogP contribution in [0.5, 0.6) is 0 Å². The number of carbonyl (C=O) groups excluding carboxylic acids is 1. The zero-order valence-electron chi connectivity index (χ0n) is 15.1. The van der Waals surface area contributed by atoms with Crippen molar-refractivity contribution >= 4 is 15.9 Å². The molecule has 1 aliphatic carbocycles. The fraction of sp³-hybridized carbons (Fsp3) is 0.611. The zero-order valence-corrected chi connectivity index (χ0v) is 15.9. The number of piperidine rings is 1. The molecule has 1 spiro atoms. The lowest BCUT2D eigenvalue weighted by Gasteiger charge is -2.23. The summed E-state index contributed by atoms with van der Waals surface area (Å²) in [5.41, 5.74) is 0.971. The Bertz CT molecular complexity index is 745. The van der Waals surface area contributed by atoms with E-state index in [1.54, 1.807) is 18.2 Å². The number of sulfonamides is 1. The highest BCUT2D eigenvalue weighted by molar-refractivity contribution is 7.89. The van der Waals surface area contributed by atoms with Gasteiger partial charge < -0.3 is 15.4 Å². The van der Waals surface area contributed by atoms with Crippen molar-refractivity contribution in [2.24, 2.45) is 11.3 Å². The maximum absolute atomic E-state index is 12.4. The molecule has 144 valence electrons. The minimum Gasteiger partial charge on any atom is -0.383 e. The number of rotatable bonds is 8. The van der Waals surface area contributed by atoms with E-state index in [0.717, 1.165) is 37.9 Å². The Hall–Kier alpha value is -1.48. The quantitative estimate of drug-likeness (QED) is 0.574. The molecule has 3 N–H and O–H groups in total. The second-order valence-corrected chi connectivity index (χ2v) is 8.89. The van der Waals surface area contributed by atoms with Crippen LogP contribution in [0.2, 0.25) is 0 Å². The first kappa shape index (κ1) is 19.3. The predicted molar refractivity (Wildman–Crippen MR) is 98.0 cm³/mol. The third-order valence-corrected chi connectivity index (χ3v) is 6.84. The van der Waals surface area contributed by atoms with Gasteiger partial charge in [-0.15, -0.1) is 0 Å². The lowest BCUT2D eigenvalue weighted by Crippen LogP contribution is -2.33. The van der Waals surface area contributed by atoms with Gasteiger partial charge in [0.15, 0.2) is 0 Å². The number of hydrogen-bond donors (Lipinski definition) is 3. The van der Waals surface area contributed by atoms with Crippen molar-refractivity contribution < 1.29 is 17.9 Å². The lowest BCUT2D eigenvalue weighted by molar-refractivity contribution is -0.123. The standard InChI is InChI=1S/C18H27N3O4S/c1-25-10-9-21-26(23,24)15-4-2-3-14(11-15)13-20-17(22)16-12-18(16)5-7-19-8-6-18/h2-4,11,16,19,21H,5-10,12-13H2,1H3,(H,20,22). The van der Waals surface area contributed by atoms with Crippen LogP contribution in [0.4, 0.5) is 0 Å². The summed E-state index contributed by atoms with van der Waals surface area (Å²) in [4.78, 5) is 12.6. The van der Waals surface area contributed by atoms with Crippen LogP contribution in [-0.4, -0.2) is 47.7 Å². The van der Waals surface area contributed by atoms with Crippen molar-refractivity contribution in [3.8, 4) is 0 Å². The fourth-order valence-electron chi connectivity index (χ4n) is 3.69. The van der Waals surface area contributed by atoms with Crippen molar-refractivity contribution in [2.75, 3.05) is 33.4 Å². The van der Waals surface area contributed by atoms with E-state index in [9.17, 15) is 13.2 Å². The first-order valence-corrected chi connectivity index (χ1v) is 10.5. The summed E-state index contributed by atoms with van der Waals surface area (Å²) in [6, 6.07) is 6.66. The molecular formula is C18H27N3O4S. The summed E-state index contributed by atoms with van der Waals surface area (Å²) in [6.45, 7) is 2.84. The molecule has 1 aromatic rings. The minimum absolute atomic E-state index is 0.0818. The van der Waals surface area contributed by atoms with Crippen LogP contribution in [-0.2, 0) is 26.1 Å². The summed E-state index contributed by atoms with van der Waals surface area (Å²) in [5.74, 6) is 0.186. The number of nitrogens with one attached hydrogen (secondary N) is 3. The second kappa shape index (κ2) is 8.04. The number of amides is 1. The molecule has 3 rings (SSSR count). The molecule has 1 aliphatic heterocycles. The number of carbonyl (C=O) groups is 1. The average Bonchev–Trinajstić information content (AvgIpc) is 3.33. The Kier molecular flexibility index (Phi) is 5.96. The first-order valence-electron chi connectivity index (χ1n) is 9.03. The number of benzene rings is 1. The molecule has 0 radical (unpaired) electrons. The van der Waals surface area contributed by atoms with Gasteiger partial charge in [-0.05, 0) is 55.5 Å². The molecule has 0 bridgehead atoms. The van der Waals surface area contributed by atoms with E-state index < -0.39 is 10.0 Å². The van der Waals surface area contributed by atoms with Crippen molar-refractivity contribution in [3.63, 3.8) is 0 Å². The first-order chi connectivity index (χ1) is 12.5. The maximum Gasteiger partial charge on any atom is 0.240 e. The molecule has 1 unspecified atom stereocenters. The molecule has 1 saturated carbocycles. The van der Waals surface area contributed by atoms with Gasteiger partial charge in [-0.25, -0.2) is 13.1 Å². The van der Waals surface area contributed by atoms with Crippen LogP contribution in [0.3, 0.4) is 0 Å². The van der Waals surface area contributed by atoms with E-state index in [0.29, 0.717) is 13.2 Å². The van der Waals surface area contributed by atoms with Gasteiger partial charge in [-0.3, -0.25) is 4.79 Å². The Balaban J connectivity index is 1.55. The van der Waals surface area contributed by atoms with E-state index >= 15 is 0 Å². The molecule has 26 heavy (non-hydrogen) atoms. The molecular weight excluding hydrogens is 354 g/mol. The number of hydrogen-bond acceptors (Lipinski definition) is 5. The summed E-state index contributed by atoms with van der Waals surface area (Å²) < 4.78 is 31.9. The van der Waals surface area contributed by atoms with Crippen molar-refractivity contribution in [3.05, 3.63) is 29.8 Å². The predicted octanol–water partition coefficient (Wildman–Crippen LogP) is 0.617. The molecule has 7 nitrogen and oxygen atoms in total. The van der Waals surface area contributed by atoms with Gasteiger partial charge in [-0.1, -0.05) is 12.1 Å². The highest BCUT2D eigenvalue weighted by Crippen LogP contribution is 2.58. The van der Waals surface area contributed by atoms with E-state index in [1.165, 1.54) is 7.11 Å². The highest BCUT2D eigenvalue weighted by Gasteiger charge is 2.57. The van der Waals surface area contributed by atoms with Crippen molar-refractivity contribution in [1.29, 1.82) is 0 Å². The highest BCUT2D eigenvalue weighted by atomic mass is 32.2. The summed E-state index contributed by atoms with van der Waals surface area (Å²) in [6.07, 6.45) is 3.09. The SMILES string of the molecule is COCCNS(=O)(=O)c1cccc(CNC(=O)C2CC23CCNCC3)c1. The number of ether oxygens (including phenoxy) is 1. The summed E-state index contributed by atoms with van der Waals surface area (Å²) >= 11 is 0. The van der Waals surface area contributed by atoms with Crippen LogP contribution in [0.25, 0.3) is 0 Å².